The van der Waals surface area contributed by atoms with Crippen LogP contribution in [0, 0.1) is 0 Å². The van der Waals surface area contributed by atoms with Gasteiger partial charge in [-0.2, -0.15) is 0 Å². The zero-order chi connectivity index (χ0) is 13.7. The van der Waals surface area contributed by atoms with E-state index in [0.717, 1.165) is 0 Å². The van der Waals surface area contributed by atoms with Crippen LogP contribution in [0.5, 0.6) is 0 Å². The molecule has 0 aliphatic carbocycles. The molecule has 1 unspecified atom stereocenters. The highest BCUT2D eigenvalue weighted by atomic mass is 32.2. The second-order valence-corrected chi connectivity index (χ2v) is 4.54. The fourth-order valence-corrected chi connectivity index (χ4v) is 1.81. The van der Waals surface area contributed by atoms with E-state index in [1.54, 1.807) is 6.92 Å². The van der Waals surface area contributed by atoms with Gasteiger partial charge in [-0.15, -0.1) is 0 Å². The van der Waals surface area contributed by atoms with Crippen LogP contribution < -0.4 is 5.32 Å². The minimum Gasteiger partial charge on any atom is -0.477 e. The molecule has 0 saturated heterocycles. The Balaban J connectivity index is 3.21. The highest BCUT2D eigenvalue weighted by Crippen LogP contribution is 2.21. The molecule has 6 nitrogen and oxygen atoms in total. The van der Waals surface area contributed by atoms with Gasteiger partial charge >= 0.3 is 5.97 Å². The maximum atomic E-state index is 11.3. The van der Waals surface area contributed by atoms with E-state index in [0.29, 0.717) is 17.3 Å². The van der Waals surface area contributed by atoms with Crippen LogP contribution in [-0.2, 0) is 6.42 Å². The lowest BCUT2D eigenvalue weighted by Crippen LogP contribution is -2.20. The molecule has 100 valence electrons. The number of aliphatic hydroxyl groups excluding tert-OH is 1. The van der Waals surface area contributed by atoms with Crippen molar-refractivity contribution < 1.29 is 15.0 Å². The van der Waals surface area contributed by atoms with Crippen LogP contribution in [0.3, 0.4) is 0 Å². The first-order valence-electron chi connectivity index (χ1n) is 5.59. The third-order valence-electron chi connectivity index (χ3n) is 2.26. The van der Waals surface area contributed by atoms with Crippen LogP contribution in [0.2, 0.25) is 0 Å². The molecule has 1 rings (SSSR count). The fraction of sp³-hybridized carbons (Fsp3) is 0.545. The topological polar surface area (TPSA) is 95.3 Å². The van der Waals surface area contributed by atoms with Gasteiger partial charge in [-0.25, -0.2) is 14.8 Å². The molecule has 1 atom stereocenters. The highest BCUT2D eigenvalue weighted by Gasteiger charge is 2.19. The van der Waals surface area contributed by atoms with Crippen molar-refractivity contribution in [2.75, 3.05) is 18.1 Å². The number of hydrogen-bond acceptors (Lipinski definition) is 6. The lowest BCUT2D eigenvalue weighted by Gasteiger charge is -2.13. The molecule has 0 aliphatic rings. The van der Waals surface area contributed by atoms with Gasteiger partial charge in [0.25, 0.3) is 0 Å². The summed E-state index contributed by atoms with van der Waals surface area (Å²) in [5, 5.41) is 21.8. The van der Waals surface area contributed by atoms with E-state index in [-0.39, 0.29) is 17.9 Å². The maximum absolute atomic E-state index is 11.3. The number of nitrogens with zero attached hydrogens (tertiary/aromatic N) is 2. The smallest absolute Gasteiger partial charge is 0.341 e. The monoisotopic (exact) mass is 271 g/mol. The first-order chi connectivity index (χ1) is 8.49. The van der Waals surface area contributed by atoms with Crippen LogP contribution in [-0.4, -0.2) is 45.1 Å². The quantitative estimate of drug-likeness (QED) is 0.529. The number of carboxylic acids is 1. The van der Waals surface area contributed by atoms with Gasteiger partial charge in [0.1, 0.15) is 11.4 Å². The Kier molecular flexibility index (Phi) is 5.36. The number of hydrogen-bond donors (Lipinski definition) is 3. The molecular weight excluding hydrogens is 254 g/mol. The molecule has 7 heteroatoms. The molecule has 0 bridgehead atoms. The molecule has 1 aromatic rings. The van der Waals surface area contributed by atoms with Gasteiger partial charge in [-0.05, 0) is 19.6 Å². The van der Waals surface area contributed by atoms with E-state index >= 15 is 0 Å². The van der Waals surface area contributed by atoms with Crippen molar-refractivity contribution in [3.8, 4) is 0 Å². The van der Waals surface area contributed by atoms with E-state index in [1.807, 2.05) is 13.2 Å². The molecule has 0 saturated carbocycles. The maximum Gasteiger partial charge on any atom is 0.341 e. The van der Waals surface area contributed by atoms with Crippen molar-refractivity contribution >= 4 is 23.5 Å². The van der Waals surface area contributed by atoms with Crippen LogP contribution in [0.4, 0.5) is 5.82 Å². The van der Waals surface area contributed by atoms with E-state index in [1.165, 1.54) is 11.8 Å². The summed E-state index contributed by atoms with van der Waals surface area (Å²) in [7, 11) is 0. The number of rotatable bonds is 6. The van der Waals surface area contributed by atoms with Gasteiger partial charge in [0.05, 0.1) is 11.8 Å². The Labute approximate surface area is 110 Å². The van der Waals surface area contributed by atoms with Crippen molar-refractivity contribution in [3.63, 3.8) is 0 Å². The Morgan fingerprint density at radius 1 is 1.50 bits per heavy atom. The van der Waals surface area contributed by atoms with Crippen LogP contribution in [0.15, 0.2) is 5.16 Å². The number of anilines is 1. The van der Waals surface area contributed by atoms with Gasteiger partial charge in [0, 0.05) is 6.54 Å². The zero-order valence-electron chi connectivity index (χ0n) is 10.6. The van der Waals surface area contributed by atoms with Crippen molar-refractivity contribution in [3.05, 3.63) is 11.3 Å². The molecule has 0 amide bonds. The summed E-state index contributed by atoms with van der Waals surface area (Å²) in [6.07, 6.45) is 1.76. The minimum absolute atomic E-state index is 0.0796. The second-order valence-electron chi connectivity index (χ2n) is 3.77. The summed E-state index contributed by atoms with van der Waals surface area (Å²) in [5.41, 5.74) is 0.575. The van der Waals surface area contributed by atoms with Gasteiger partial charge in [-0.3, -0.25) is 0 Å². The van der Waals surface area contributed by atoms with Crippen LogP contribution >= 0.6 is 11.8 Å². The SMILES string of the molecule is CCc1nc(SC)nc(NCC(C)O)c1C(=O)O. The molecule has 0 aromatic carbocycles. The lowest BCUT2D eigenvalue weighted by atomic mass is 10.1. The molecule has 0 radical (unpaired) electrons. The predicted octanol–water partition coefficient (Wildman–Crippen LogP) is 1.25. The molecule has 1 aromatic heterocycles. The third kappa shape index (κ3) is 3.58. The summed E-state index contributed by atoms with van der Waals surface area (Å²) in [6.45, 7) is 3.70. The Hall–Kier alpha value is -1.34. The standard InChI is InChI=1S/C11H17N3O3S/c1-4-7-8(10(16)17)9(12-5-6(2)15)14-11(13-7)18-3/h6,15H,4-5H2,1-3H3,(H,16,17)(H,12,13,14). The zero-order valence-corrected chi connectivity index (χ0v) is 11.4. The number of carbonyl (C=O) groups is 1. The van der Waals surface area contributed by atoms with E-state index in [4.69, 9.17) is 0 Å². The van der Waals surface area contributed by atoms with E-state index in [2.05, 4.69) is 15.3 Å². The predicted molar refractivity (Wildman–Crippen MR) is 70.3 cm³/mol. The van der Waals surface area contributed by atoms with Crippen LogP contribution in [0.1, 0.15) is 29.9 Å². The number of aliphatic hydroxyl groups is 1. The van der Waals surface area contributed by atoms with Crippen molar-refractivity contribution in [2.24, 2.45) is 0 Å². The Morgan fingerprint density at radius 3 is 2.61 bits per heavy atom. The summed E-state index contributed by atoms with van der Waals surface area (Å²) >= 11 is 1.35. The molecule has 0 aliphatic heterocycles. The first kappa shape index (κ1) is 14.7. The number of carboxylic acid groups (broad SMARTS) is 1. The van der Waals surface area contributed by atoms with Crippen molar-refractivity contribution in [1.29, 1.82) is 0 Å². The molecular formula is C11H17N3O3S. The molecule has 3 N–H and O–H groups in total. The number of aryl methyl sites for hydroxylation is 1. The summed E-state index contributed by atoms with van der Waals surface area (Å²) < 4.78 is 0. The number of aromatic nitrogens is 2. The normalized spacial score (nSPS) is 12.2. The molecule has 1 heterocycles. The number of nitrogens with one attached hydrogen (secondary N) is 1. The third-order valence-corrected chi connectivity index (χ3v) is 2.81. The highest BCUT2D eigenvalue weighted by molar-refractivity contribution is 7.98. The largest absolute Gasteiger partial charge is 0.477 e. The molecule has 0 fully saturated rings. The fourth-order valence-electron chi connectivity index (χ4n) is 1.43. The Bertz CT molecular complexity index is 438. The van der Waals surface area contributed by atoms with Crippen molar-refractivity contribution in [2.45, 2.75) is 31.5 Å². The van der Waals surface area contributed by atoms with Crippen molar-refractivity contribution in [1.82, 2.24) is 9.97 Å². The summed E-state index contributed by atoms with van der Waals surface area (Å²) in [5.74, 6) is -0.799. The number of aromatic carboxylic acids is 1. The minimum atomic E-state index is -1.06. The average molecular weight is 271 g/mol. The second kappa shape index (κ2) is 6.55. The summed E-state index contributed by atoms with van der Waals surface area (Å²) in [6, 6.07) is 0. The lowest BCUT2D eigenvalue weighted by molar-refractivity contribution is 0.0695. The Morgan fingerprint density at radius 2 is 2.17 bits per heavy atom. The molecule has 18 heavy (non-hydrogen) atoms. The van der Waals surface area contributed by atoms with Crippen LogP contribution in [0.25, 0.3) is 0 Å². The average Bonchev–Trinajstić information content (AvgIpc) is 2.34. The number of thioether (sulfide) groups is 1. The molecule has 0 spiro atoms. The van der Waals surface area contributed by atoms with Gasteiger partial charge < -0.3 is 15.5 Å². The van der Waals surface area contributed by atoms with Gasteiger partial charge in [0.15, 0.2) is 5.16 Å². The van der Waals surface area contributed by atoms with E-state index < -0.39 is 12.1 Å². The first-order valence-corrected chi connectivity index (χ1v) is 6.82. The van der Waals surface area contributed by atoms with E-state index in [9.17, 15) is 15.0 Å². The van der Waals surface area contributed by atoms with Gasteiger partial charge in [0.2, 0.25) is 0 Å². The van der Waals surface area contributed by atoms with Gasteiger partial charge in [-0.1, -0.05) is 18.7 Å². The summed E-state index contributed by atoms with van der Waals surface area (Å²) in [4.78, 5) is 19.6.